The maximum Gasteiger partial charge on any atom is 0.255 e. The van der Waals surface area contributed by atoms with E-state index < -0.39 is 0 Å². The molecule has 2 aromatic carbocycles. The average molecular weight is 374 g/mol. The number of carbonyl (C=O) groups is 2. The van der Waals surface area contributed by atoms with Gasteiger partial charge in [-0.2, -0.15) is 0 Å². The molecule has 28 heavy (non-hydrogen) atoms. The van der Waals surface area contributed by atoms with Gasteiger partial charge in [-0.1, -0.05) is 17.9 Å². The molecule has 1 heterocycles. The lowest BCUT2D eigenvalue weighted by Crippen LogP contribution is -2.25. The highest BCUT2D eigenvalue weighted by Gasteiger charge is 2.22. The molecule has 1 aliphatic heterocycles. The van der Waals surface area contributed by atoms with Gasteiger partial charge in [-0.05, 0) is 75.6 Å². The van der Waals surface area contributed by atoms with E-state index in [1.54, 1.807) is 11.8 Å². The van der Waals surface area contributed by atoms with Crippen molar-refractivity contribution in [1.82, 2.24) is 0 Å². The number of nitrogens with zero attached hydrogens (tertiary/aromatic N) is 1. The summed E-state index contributed by atoms with van der Waals surface area (Å²) in [6.45, 7) is 10.4. The smallest absolute Gasteiger partial charge is 0.255 e. The number of carbonyl (C=O) groups excluding carboxylic acids is 2. The highest BCUT2D eigenvalue weighted by molar-refractivity contribution is 6.06. The van der Waals surface area contributed by atoms with Gasteiger partial charge in [0.05, 0.1) is 0 Å². The Morgan fingerprint density at radius 3 is 2.50 bits per heavy atom. The van der Waals surface area contributed by atoms with E-state index in [1.807, 2.05) is 43.3 Å². The van der Waals surface area contributed by atoms with Crippen molar-refractivity contribution in [2.24, 2.45) is 5.41 Å². The molecule has 0 aliphatic carbocycles. The molecule has 0 radical (unpaired) electrons. The largest absolute Gasteiger partial charge is 0.322 e. The molecule has 0 unspecified atom stereocenters. The van der Waals surface area contributed by atoms with E-state index in [9.17, 15) is 9.59 Å². The molecule has 1 aliphatic rings. The number of nitrogens with one attached hydrogen (secondary N) is 1. The predicted molar refractivity (Wildman–Crippen MR) is 114 cm³/mol. The Kier molecular flexibility index (Phi) is 5.29. The lowest BCUT2D eigenvalue weighted by Gasteiger charge is -2.16. The summed E-state index contributed by atoms with van der Waals surface area (Å²) in [6.07, 6.45) is 0.847. The first-order valence-corrected chi connectivity index (χ1v) is 9.50. The summed E-state index contributed by atoms with van der Waals surface area (Å²) in [4.78, 5) is 26.3. The van der Waals surface area contributed by atoms with Crippen LogP contribution >= 0.6 is 0 Å². The van der Waals surface area contributed by atoms with Crippen LogP contribution in [0.25, 0.3) is 0 Å². The Morgan fingerprint density at radius 1 is 1.11 bits per heavy atom. The zero-order chi connectivity index (χ0) is 20.5. The Balaban J connectivity index is 1.79. The number of aryl methyl sites for hydroxylation is 1. The van der Waals surface area contributed by atoms with E-state index in [-0.39, 0.29) is 17.2 Å². The van der Waals surface area contributed by atoms with Gasteiger partial charge in [0.1, 0.15) is 0 Å². The van der Waals surface area contributed by atoms with Crippen LogP contribution in [0.15, 0.2) is 36.4 Å². The number of amides is 2. The number of rotatable bonds is 2. The zero-order valence-electron chi connectivity index (χ0n) is 17.1. The highest BCUT2D eigenvalue weighted by Crippen LogP contribution is 2.31. The Labute approximate surface area is 166 Å². The summed E-state index contributed by atoms with van der Waals surface area (Å²) in [5.74, 6) is 6.23. The molecule has 4 heteroatoms. The van der Waals surface area contributed by atoms with Gasteiger partial charge in [0.25, 0.3) is 5.91 Å². The van der Waals surface area contributed by atoms with Crippen molar-refractivity contribution in [3.8, 4) is 11.8 Å². The Bertz CT molecular complexity index is 1000. The van der Waals surface area contributed by atoms with Gasteiger partial charge in [0.15, 0.2) is 0 Å². The van der Waals surface area contributed by atoms with Crippen LogP contribution in [0.4, 0.5) is 11.4 Å². The summed E-state index contributed by atoms with van der Waals surface area (Å²) in [5.41, 5.74) is 5.04. The number of hydrogen-bond acceptors (Lipinski definition) is 2. The van der Waals surface area contributed by atoms with Crippen LogP contribution in [0, 0.1) is 24.2 Å². The highest BCUT2D eigenvalue weighted by atomic mass is 16.2. The number of fused-ring (bicyclic) bond motifs is 1. The van der Waals surface area contributed by atoms with E-state index >= 15 is 0 Å². The number of anilines is 2. The normalized spacial score (nSPS) is 12.8. The first-order chi connectivity index (χ1) is 13.1. The molecule has 0 aromatic heterocycles. The SMILES string of the molecule is CC(=O)N1CCc2ccc(NC(=O)c3ccc(C#CC(C)(C)C)cc3C)cc21. The summed E-state index contributed by atoms with van der Waals surface area (Å²) in [7, 11) is 0. The molecule has 0 fully saturated rings. The van der Waals surface area contributed by atoms with Crippen LogP contribution in [0.2, 0.25) is 0 Å². The fourth-order valence-corrected chi connectivity index (χ4v) is 3.24. The van der Waals surface area contributed by atoms with E-state index in [0.29, 0.717) is 17.8 Å². The lowest BCUT2D eigenvalue weighted by atomic mass is 9.97. The van der Waals surface area contributed by atoms with Gasteiger partial charge < -0.3 is 10.2 Å². The molecular weight excluding hydrogens is 348 g/mol. The fourth-order valence-electron chi connectivity index (χ4n) is 3.24. The van der Waals surface area contributed by atoms with E-state index in [0.717, 1.165) is 28.8 Å². The lowest BCUT2D eigenvalue weighted by molar-refractivity contribution is -0.116. The van der Waals surface area contributed by atoms with Gasteiger partial charge in [-0.15, -0.1) is 0 Å². The van der Waals surface area contributed by atoms with Crippen LogP contribution < -0.4 is 10.2 Å². The fraction of sp³-hybridized carbons (Fsp3) is 0.333. The van der Waals surface area contributed by atoms with Crippen molar-refractivity contribution >= 4 is 23.2 Å². The standard InChI is InChI=1S/C24H26N2O2/c1-16-14-18(10-12-24(3,4)5)6-9-21(16)23(28)25-20-8-7-19-11-13-26(17(2)27)22(19)15-20/h6-9,14-15H,11,13H2,1-5H3,(H,25,28). The second kappa shape index (κ2) is 7.52. The maximum absolute atomic E-state index is 12.8. The van der Waals surface area contributed by atoms with Gasteiger partial charge in [0.2, 0.25) is 5.91 Å². The maximum atomic E-state index is 12.8. The van der Waals surface area contributed by atoms with Gasteiger partial charge in [-0.3, -0.25) is 9.59 Å². The van der Waals surface area contributed by atoms with Crippen molar-refractivity contribution in [2.75, 3.05) is 16.8 Å². The van der Waals surface area contributed by atoms with Crippen LogP contribution in [0.1, 0.15) is 54.7 Å². The van der Waals surface area contributed by atoms with Crippen LogP contribution in [-0.4, -0.2) is 18.4 Å². The molecule has 0 bridgehead atoms. The molecule has 144 valence electrons. The Morgan fingerprint density at radius 2 is 1.86 bits per heavy atom. The zero-order valence-corrected chi connectivity index (χ0v) is 17.1. The first kappa shape index (κ1) is 19.7. The van der Waals surface area contributed by atoms with Crippen molar-refractivity contribution in [3.05, 3.63) is 58.7 Å². The van der Waals surface area contributed by atoms with Crippen molar-refractivity contribution in [2.45, 2.75) is 41.0 Å². The topological polar surface area (TPSA) is 49.4 Å². The van der Waals surface area contributed by atoms with E-state index in [4.69, 9.17) is 0 Å². The third-order valence-electron chi connectivity index (χ3n) is 4.67. The molecule has 3 rings (SSSR count). The molecule has 0 spiro atoms. The van der Waals surface area contributed by atoms with Crippen LogP contribution in [0.3, 0.4) is 0 Å². The predicted octanol–water partition coefficient (Wildman–Crippen LogP) is 4.55. The van der Waals surface area contributed by atoms with E-state index in [2.05, 4.69) is 37.9 Å². The third kappa shape index (κ3) is 4.43. The van der Waals surface area contributed by atoms with Crippen molar-refractivity contribution in [3.63, 3.8) is 0 Å². The molecule has 4 nitrogen and oxygen atoms in total. The molecule has 0 saturated heterocycles. The molecule has 2 amide bonds. The monoisotopic (exact) mass is 374 g/mol. The number of hydrogen-bond donors (Lipinski definition) is 1. The summed E-state index contributed by atoms with van der Waals surface area (Å²) >= 11 is 0. The second-order valence-corrected chi connectivity index (χ2v) is 8.25. The summed E-state index contributed by atoms with van der Waals surface area (Å²) in [5, 5.41) is 2.95. The third-order valence-corrected chi connectivity index (χ3v) is 4.67. The molecule has 0 atom stereocenters. The summed E-state index contributed by atoms with van der Waals surface area (Å²) in [6, 6.07) is 11.4. The minimum atomic E-state index is -0.167. The van der Waals surface area contributed by atoms with Gasteiger partial charge in [0, 0.05) is 41.4 Å². The van der Waals surface area contributed by atoms with Crippen molar-refractivity contribution < 1.29 is 9.59 Å². The van der Waals surface area contributed by atoms with Crippen molar-refractivity contribution in [1.29, 1.82) is 0 Å². The second-order valence-electron chi connectivity index (χ2n) is 8.25. The molecule has 0 saturated carbocycles. The Hall–Kier alpha value is -3.06. The van der Waals surface area contributed by atoms with Crippen LogP contribution in [-0.2, 0) is 11.2 Å². The van der Waals surface area contributed by atoms with Gasteiger partial charge in [-0.25, -0.2) is 0 Å². The minimum absolute atomic E-state index is 0.0185. The quantitative estimate of drug-likeness (QED) is 0.784. The summed E-state index contributed by atoms with van der Waals surface area (Å²) < 4.78 is 0. The van der Waals surface area contributed by atoms with E-state index in [1.165, 1.54) is 0 Å². The number of benzene rings is 2. The first-order valence-electron chi connectivity index (χ1n) is 9.50. The van der Waals surface area contributed by atoms with Crippen LogP contribution in [0.5, 0.6) is 0 Å². The average Bonchev–Trinajstić information content (AvgIpc) is 3.02. The minimum Gasteiger partial charge on any atom is -0.322 e. The van der Waals surface area contributed by atoms with Gasteiger partial charge >= 0.3 is 0 Å². The molecule has 2 aromatic rings. The molecule has 1 N–H and O–H groups in total. The molecular formula is C24H26N2O2.